The van der Waals surface area contributed by atoms with Gasteiger partial charge in [0.15, 0.2) is 0 Å². The largest absolute Gasteiger partial charge is 0.481 e. The number of hydrogen-bond acceptors (Lipinski definition) is 4. The van der Waals surface area contributed by atoms with Crippen molar-refractivity contribution in [1.82, 2.24) is 0 Å². The number of rotatable bonds is 11. The van der Waals surface area contributed by atoms with E-state index in [2.05, 4.69) is 0 Å². The lowest BCUT2D eigenvalue weighted by Crippen LogP contribution is -2.54. The third-order valence-corrected chi connectivity index (χ3v) is 7.23. The van der Waals surface area contributed by atoms with Gasteiger partial charge in [-0.15, -0.1) is 0 Å². The monoisotopic (exact) mass is 340 g/mol. The summed E-state index contributed by atoms with van der Waals surface area (Å²) < 4.78 is 11.9. The van der Waals surface area contributed by atoms with Crippen molar-refractivity contribution in [2.45, 2.75) is 32.7 Å². The molecule has 0 saturated carbocycles. The summed E-state index contributed by atoms with van der Waals surface area (Å²) in [5.41, 5.74) is 0. The van der Waals surface area contributed by atoms with Crippen molar-refractivity contribution in [3.63, 3.8) is 0 Å². The normalized spacial score (nSPS) is 12.8. The Labute approximate surface area is 137 Å². The summed E-state index contributed by atoms with van der Waals surface area (Å²) in [7, 11) is -2.79. The van der Waals surface area contributed by atoms with E-state index in [9.17, 15) is 14.7 Å². The van der Waals surface area contributed by atoms with E-state index in [4.69, 9.17) is 14.0 Å². The SMILES string of the molecule is CCO[Si](CCC(CC(=O)O)C(=O)O)(OCC)c1ccccc1. The van der Waals surface area contributed by atoms with Crippen LogP contribution < -0.4 is 5.19 Å². The highest BCUT2D eigenvalue weighted by atomic mass is 28.4. The molecule has 128 valence electrons. The highest BCUT2D eigenvalue weighted by Gasteiger charge is 2.40. The third kappa shape index (κ3) is 5.78. The molecule has 0 aliphatic carbocycles. The molecule has 6 nitrogen and oxygen atoms in total. The molecule has 0 heterocycles. The Morgan fingerprint density at radius 1 is 1.09 bits per heavy atom. The van der Waals surface area contributed by atoms with E-state index in [1.165, 1.54) is 0 Å². The number of carboxylic acid groups (broad SMARTS) is 2. The Balaban J connectivity index is 3.00. The molecule has 0 bridgehead atoms. The molecule has 0 aromatic heterocycles. The molecule has 1 rings (SSSR count). The van der Waals surface area contributed by atoms with Crippen molar-refractivity contribution in [1.29, 1.82) is 0 Å². The van der Waals surface area contributed by atoms with E-state index in [-0.39, 0.29) is 6.42 Å². The maximum Gasteiger partial charge on any atom is 0.372 e. The van der Waals surface area contributed by atoms with E-state index in [0.29, 0.717) is 19.3 Å². The van der Waals surface area contributed by atoms with Crippen molar-refractivity contribution in [2.75, 3.05) is 13.2 Å². The smallest absolute Gasteiger partial charge is 0.372 e. The van der Waals surface area contributed by atoms with Crippen LogP contribution in [0.1, 0.15) is 26.7 Å². The van der Waals surface area contributed by atoms with Crippen LogP contribution in [0.2, 0.25) is 6.04 Å². The molecule has 1 aromatic rings. The lowest BCUT2D eigenvalue weighted by molar-refractivity contribution is -0.148. The van der Waals surface area contributed by atoms with Crippen LogP contribution in [-0.2, 0) is 18.4 Å². The van der Waals surface area contributed by atoms with Crippen molar-refractivity contribution < 1.29 is 28.7 Å². The number of hydrogen-bond donors (Lipinski definition) is 2. The maximum absolute atomic E-state index is 11.3. The van der Waals surface area contributed by atoms with Crippen LogP contribution in [0.4, 0.5) is 0 Å². The van der Waals surface area contributed by atoms with Gasteiger partial charge in [0, 0.05) is 13.2 Å². The molecule has 2 N–H and O–H groups in total. The first-order valence-electron chi connectivity index (χ1n) is 7.73. The van der Waals surface area contributed by atoms with Gasteiger partial charge in [0.05, 0.1) is 12.3 Å². The zero-order valence-electron chi connectivity index (χ0n) is 13.5. The molecule has 1 unspecified atom stereocenters. The summed E-state index contributed by atoms with van der Waals surface area (Å²) in [6.45, 7) is 4.65. The Bertz CT molecular complexity index is 499. The fourth-order valence-corrected chi connectivity index (χ4v) is 5.90. The van der Waals surface area contributed by atoms with Crippen molar-refractivity contribution in [2.24, 2.45) is 5.92 Å². The molecule has 1 atom stereocenters. The molecule has 0 amide bonds. The molecule has 0 aliphatic heterocycles. The van der Waals surface area contributed by atoms with E-state index in [0.717, 1.165) is 5.19 Å². The van der Waals surface area contributed by atoms with Crippen molar-refractivity contribution >= 4 is 25.7 Å². The Morgan fingerprint density at radius 2 is 1.65 bits per heavy atom. The standard InChI is InChI=1S/C16H24O6Si/c1-3-21-23(22-4-2,14-8-6-5-7-9-14)11-10-13(16(19)20)12-15(17)18/h5-9,13H,3-4,10-12H2,1-2H3,(H,17,18)(H,19,20). The first kappa shape index (κ1) is 19.3. The summed E-state index contributed by atoms with van der Waals surface area (Å²) in [5.74, 6) is -3.16. The van der Waals surface area contributed by atoms with Gasteiger partial charge in [0.25, 0.3) is 0 Å². The maximum atomic E-state index is 11.3. The fraction of sp³-hybridized carbons (Fsp3) is 0.500. The van der Waals surface area contributed by atoms with Crippen LogP contribution >= 0.6 is 0 Å². The van der Waals surface area contributed by atoms with Gasteiger partial charge < -0.3 is 19.1 Å². The highest BCUT2D eigenvalue weighted by molar-refractivity contribution is 6.81. The number of aliphatic carboxylic acids is 2. The molecular formula is C16H24O6Si. The van der Waals surface area contributed by atoms with Gasteiger partial charge in [-0.2, -0.15) is 0 Å². The van der Waals surface area contributed by atoms with Crippen LogP contribution in [0.25, 0.3) is 0 Å². The number of carbonyl (C=O) groups is 2. The zero-order valence-corrected chi connectivity index (χ0v) is 14.5. The average molecular weight is 340 g/mol. The minimum Gasteiger partial charge on any atom is -0.481 e. The molecule has 23 heavy (non-hydrogen) atoms. The van der Waals surface area contributed by atoms with Crippen LogP contribution in [0.15, 0.2) is 30.3 Å². The molecule has 0 spiro atoms. The molecule has 0 radical (unpaired) electrons. The van der Waals surface area contributed by atoms with Gasteiger partial charge >= 0.3 is 20.5 Å². The van der Waals surface area contributed by atoms with Gasteiger partial charge in [-0.25, -0.2) is 0 Å². The molecule has 0 fully saturated rings. The fourth-order valence-electron chi connectivity index (χ4n) is 2.54. The van der Waals surface area contributed by atoms with Gasteiger partial charge in [-0.05, 0) is 31.5 Å². The molecule has 1 aromatic carbocycles. The molecule has 0 saturated heterocycles. The zero-order chi connectivity index (χ0) is 17.3. The minimum absolute atomic E-state index is 0.211. The van der Waals surface area contributed by atoms with Crippen molar-refractivity contribution in [3.8, 4) is 0 Å². The van der Waals surface area contributed by atoms with E-state index in [1.54, 1.807) is 0 Å². The highest BCUT2D eigenvalue weighted by Crippen LogP contribution is 2.22. The second-order valence-corrected chi connectivity index (χ2v) is 8.32. The van der Waals surface area contributed by atoms with Gasteiger partial charge in [-0.3, -0.25) is 9.59 Å². The summed E-state index contributed by atoms with van der Waals surface area (Å²) in [5, 5.41) is 19.0. The second-order valence-electron chi connectivity index (χ2n) is 5.16. The van der Waals surface area contributed by atoms with Crippen LogP contribution in [0, 0.1) is 5.92 Å². The van der Waals surface area contributed by atoms with E-state index in [1.807, 2.05) is 44.2 Å². The summed E-state index contributed by atoms with van der Waals surface area (Å²) in [6.07, 6.45) is -0.185. The van der Waals surface area contributed by atoms with E-state index < -0.39 is 32.8 Å². The number of benzene rings is 1. The first-order valence-corrected chi connectivity index (χ1v) is 9.75. The van der Waals surface area contributed by atoms with Gasteiger partial charge in [-0.1, -0.05) is 30.3 Å². The molecule has 0 aliphatic rings. The minimum atomic E-state index is -2.79. The third-order valence-electron chi connectivity index (χ3n) is 3.56. The Kier molecular flexibility index (Phi) is 7.94. The first-order chi connectivity index (χ1) is 10.9. The molecule has 7 heteroatoms. The van der Waals surface area contributed by atoms with Gasteiger partial charge in [0.1, 0.15) is 0 Å². The Morgan fingerprint density at radius 3 is 2.09 bits per heavy atom. The predicted octanol–water partition coefficient (Wildman–Crippen LogP) is 1.97. The summed E-state index contributed by atoms with van der Waals surface area (Å²) in [4.78, 5) is 22.1. The lowest BCUT2D eigenvalue weighted by atomic mass is 10.0. The van der Waals surface area contributed by atoms with Crippen LogP contribution in [-0.4, -0.2) is 43.9 Å². The average Bonchev–Trinajstić information content (AvgIpc) is 2.52. The van der Waals surface area contributed by atoms with Crippen LogP contribution in [0.5, 0.6) is 0 Å². The number of carboxylic acids is 2. The predicted molar refractivity (Wildman–Crippen MR) is 87.9 cm³/mol. The topological polar surface area (TPSA) is 93.1 Å². The summed E-state index contributed by atoms with van der Waals surface area (Å²) in [6, 6.07) is 9.92. The molecular weight excluding hydrogens is 316 g/mol. The van der Waals surface area contributed by atoms with Crippen molar-refractivity contribution in [3.05, 3.63) is 30.3 Å². The lowest BCUT2D eigenvalue weighted by Gasteiger charge is -2.31. The second kappa shape index (κ2) is 9.44. The van der Waals surface area contributed by atoms with Crippen LogP contribution in [0.3, 0.4) is 0 Å². The summed E-state index contributed by atoms with van der Waals surface area (Å²) >= 11 is 0. The Hall–Kier alpha value is -1.70. The quantitative estimate of drug-likeness (QED) is 0.598. The van der Waals surface area contributed by atoms with E-state index >= 15 is 0 Å². The van der Waals surface area contributed by atoms with Gasteiger partial charge in [0.2, 0.25) is 0 Å².